The lowest BCUT2D eigenvalue weighted by Crippen LogP contribution is -2.27. The Morgan fingerprint density at radius 3 is 2.77 bits per heavy atom. The Morgan fingerprint density at radius 1 is 1.07 bits per heavy atom. The van der Waals surface area contributed by atoms with Crippen molar-refractivity contribution in [1.29, 1.82) is 0 Å². The van der Waals surface area contributed by atoms with E-state index in [1.807, 2.05) is 6.07 Å². The van der Waals surface area contributed by atoms with Gasteiger partial charge in [-0.3, -0.25) is 9.59 Å². The summed E-state index contributed by atoms with van der Waals surface area (Å²) in [6.45, 7) is 2.00. The van der Waals surface area contributed by atoms with Crippen molar-refractivity contribution >= 4 is 29.1 Å². The Kier molecular flexibility index (Phi) is 6.40. The summed E-state index contributed by atoms with van der Waals surface area (Å²) >= 11 is 6.31. The molecule has 7 nitrogen and oxygen atoms in total. The van der Waals surface area contributed by atoms with Crippen LogP contribution < -0.4 is 20.1 Å². The minimum atomic E-state index is -0.424. The van der Waals surface area contributed by atoms with Crippen LogP contribution in [0.15, 0.2) is 36.4 Å². The Bertz CT molecular complexity index is 943. The van der Waals surface area contributed by atoms with Gasteiger partial charge in [-0.05, 0) is 48.7 Å². The van der Waals surface area contributed by atoms with Crippen molar-refractivity contribution in [2.24, 2.45) is 0 Å². The molecule has 1 saturated heterocycles. The molecule has 2 N–H and O–H groups in total. The number of carbonyl (C=O) groups excluding carboxylic acids is 2. The SMILES string of the molecule is O=C(NCc1cc(Cl)c2c(c1)OCCCO2)c1cccc(NC(=O)C2CCCO2)c1. The van der Waals surface area contributed by atoms with E-state index in [-0.39, 0.29) is 18.4 Å². The van der Waals surface area contributed by atoms with E-state index in [2.05, 4.69) is 10.6 Å². The summed E-state index contributed by atoms with van der Waals surface area (Å²) in [5, 5.41) is 6.13. The van der Waals surface area contributed by atoms with Crippen molar-refractivity contribution in [3.05, 3.63) is 52.5 Å². The molecule has 0 saturated carbocycles. The van der Waals surface area contributed by atoms with Crippen LogP contribution in [0.25, 0.3) is 0 Å². The fraction of sp³-hybridized carbons (Fsp3) is 0.364. The Labute approximate surface area is 179 Å². The first kappa shape index (κ1) is 20.5. The highest BCUT2D eigenvalue weighted by Crippen LogP contribution is 2.38. The van der Waals surface area contributed by atoms with Crippen molar-refractivity contribution in [2.75, 3.05) is 25.1 Å². The zero-order valence-electron chi connectivity index (χ0n) is 16.4. The lowest BCUT2D eigenvalue weighted by molar-refractivity contribution is -0.124. The molecule has 1 unspecified atom stereocenters. The molecular weight excluding hydrogens is 408 g/mol. The van der Waals surface area contributed by atoms with Gasteiger partial charge in [-0.15, -0.1) is 0 Å². The van der Waals surface area contributed by atoms with Gasteiger partial charge in [0.05, 0.1) is 18.2 Å². The molecule has 1 fully saturated rings. The van der Waals surface area contributed by atoms with Crippen LogP contribution in [0.4, 0.5) is 5.69 Å². The highest BCUT2D eigenvalue weighted by atomic mass is 35.5. The predicted molar refractivity (Wildman–Crippen MR) is 112 cm³/mol. The molecule has 8 heteroatoms. The second-order valence-corrected chi connectivity index (χ2v) is 7.62. The Morgan fingerprint density at radius 2 is 1.93 bits per heavy atom. The van der Waals surface area contributed by atoms with Crippen molar-refractivity contribution in [2.45, 2.75) is 31.9 Å². The maximum atomic E-state index is 12.6. The van der Waals surface area contributed by atoms with E-state index in [9.17, 15) is 9.59 Å². The average molecular weight is 431 g/mol. The van der Waals surface area contributed by atoms with Crippen LogP contribution in [0.5, 0.6) is 11.5 Å². The quantitative estimate of drug-likeness (QED) is 0.757. The van der Waals surface area contributed by atoms with Gasteiger partial charge in [0.1, 0.15) is 6.10 Å². The van der Waals surface area contributed by atoms with Gasteiger partial charge in [0, 0.05) is 30.8 Å². The van der Waals surface area contributed by atoms with Crippen LogP contribution in [-0.4, -0.2) is 37.7 Å². The van der Waals surface area contributed by atoms with E-state index in [4.69, 9.17) is 25.8 Å². The molecule has 2 heterocycles. The lowest BCUT2D eigenvalue weighted by atomic mass is 10.1. The number of hydrogen-bond donors (Lipinski definition) is 2. The summed E-state index contributed by atoms with van der Waals surface area (Å²) < 4.78 is 16.7. The molecule has 2 aliphatic rings. The van der Waals surface area contributed by atoms with Crippen LogP contribution >= 0.6 is 11.6 Å². The summed E-state index contributed by atoms with van der Waals surface area (Å²) in [5.74, 6) is 0.681. The zero-order chi connectivity index (χ0) is 20.9. The number of fused-ring (bicyclic) bond motifs is 1. The van der Waals surface area contributed by atoms with E-state index in [0.29, 0.717) is 54.0 Å². The fourth-order valence-electron chi connectivity index (χ4n) is 3.42. The molecular formula is C22H23ClN2O5. The molecule has 2 amide bonds. The van der Waals surface area contributed by atoms with Gasteiger partial charge >= 0.3 is 0 Å². The average Bonchev–Trinajstić information content (AvgIpc) is 3.18. The van der Waals surface area contributed by atoms with E-state index in [1.54, 1.807) is 30.3 Å². The van der Waals surface area contributed by atoms with E-state index in [1.165, 1.54) is 0 Å². The molecule has 0 spiro atoms. The second kappa shape index (κ2) is 9.36. The minimum absolute atomic E-state index is 0.188. The Hall–Kier alpha value is -2.77. The molecule has 0 aromatic heterocycles. The van der Waals surface area contributed by atoms with Crippen LogP contribution in [0.1, 0.15) is 35.2 Å². The first-order chi connectivity index (χ1) is 14.6. The summed E-state index contributed by atoms with van der Waals surface area (Å²) in [5.41, 5.74) is 1.81. The maximum Gasteiger partial charge on any atom is 0.253 e. The third-order valence-corrected chi connectivity index (χ3v) is 5.21. The van der Waals surface area contributed by atoms with E-state index >= 15 is 0 Å². The first-order valence-electron chi connectivity index (χ1n) is 9.99. The van der Waals surface area contributed by atoms with E-state index in [0.717, 1.165) is 18.4 Å². The summed E-state index contributed by atoms with van der Waals surface area (Å²) in [6.07, 6.45) is 1.96. The summed E-state index contributed by atoms with van der Waals surface area (Å²) in [7, 11) is 0. The molecule has 4 rings (SSSR count). The molecule has 2 aliphatic heterocycles. The highest BCUT2D eigenvalue weighted by Gasteiger charge is 2.23. The number of amides is 2. The van der Waals surface area contributed by atoms with Crippen LogP contribution in [0.2, 0.25) is 5.02 Å². The number of nitrogens with one attached hydrogen (secondary N) is 2. The molecule has 30 heavy (non-hydrogen) atoms. The van der Waals surface area contributed by atoms with Crippen LogP contribution in [0, 0.1) is 0 Å². The molecule has 2 aromatic rings. The normalized spacial score (nSPS) is 17.8. The highest BCUT2D eigenvalue weighted by molar-refractivity contribution is 6.32. The second-order valence-electron chi connectivity index (χ2n) is 7.21. The maximum absolute atomic E-state index is 12.6. The number of anilines is 1. The van der Waals surface area contributed by atoms with Gasteiger partial charge in [-0.2, -0.15) is 0 Å². The smallest absolute Gasteiger partial charge is 0.253 e. The summed E-state index contributed by atoms with van der Waals surface area (Å²) in [4.78, 5) is 24.8. The van der Waals surface area contributed by atoms with E-state index < -0.39 is 6.10 Å². The van der Waals surface area contributed by atoms with Gasteiger partial charge in [0.25, 0.3) is 11.8 Å². The van der Waals surface area contributed by atoms with Crippen LogP contribution in [0.3, 0.4) is 0 Å². The van der Waals surface area contributed by atoms with Crippen molar-refractivity contribution in [3.63, 3.8) is 0 Å². The number of ether oxygens (including phenoxy) is 3. The summed E-state index contributed by atoms with van der Waals surface area (Å²) in [6, 6.07) is 10.4. The monoisotopic (exact) mass is 430 g/mol. The Balaban J connectivity index is 1.39. The number of benzene rings is 2. The molecule has 0 radical (unpaired) electrons. The van der Waals surface area contributed by atoms with Crippen molar-refractivity contribution in [1.82, 2.24) is 5.32 Å². The lowest BCUT2D eigenvalue weighted by Gasteiger charge is -2.13. The molecule has 0 aliphatic carbocycles. The van der Waals surface area contributed by atoms with Gasteiger partial charge in [-0.25, -0.2) is 0 Å². The molecule has 2 aromatic carbocycles. The van der Waals surface area contributed by atoms with Gasteiger partial charge in [0.15, 0.2) is 11.5 Å². The molecule has 1 atom stereocenters. The fourth-order valence-corrected chi connectivity index (χ4v) is 3.70. The molecule has 158 valence electrons. The first-order valence-corrected chi connectivity index (χ1v) is 10.4. The number of halogens is 1. The number of carbonyl (C=O) groups is 2. The van der Waals surface area contributed by atoms with Gasteiger partial charge in [-0.1, -0.05) is 17.7 Å². The third kappa shape index (κ3) is 4.86. The predicted octanol–water partition coefficient (Wildman–Crippen LogP) is 3.55. The minimum Gasteiger partial charge on any atom is -0.489 e. The zero-order valence-corrected chi connectivity index (χ0v) is 17.2. The van der Waals surface area contributed by atoms with Gasteiger partial charge in [0.2, 0.25) is 0 Å². The largest absolute Gasteiger partial charge is 0.489 e. The number of hydrogen-bond acceptors (Lipinski definition) is 5. The topological polar surface area (TPSA) is 85.9 Å². The third-order valence-electron chi connectivity index (χ3n) is 4.93. The van der Waals surface area contributed by atoms with Crippen molar-refractivity contribution in [3.8, 4) is 11.5 Å². The van der Waals surface area contributed by atoms with Crippen molar-refractivity contribution < 1.29 is 23.8 Å². The number of rotatable bonds is 5. The van der Waals surface area contributed by atoms with Crippen LogP contribution in [-0.2, 0) is 16.1 Å². The standard InChI is InChI=1S/C22H23ClN2O5/c23-17-10-14(11-19-20(17)30-9-3-8-29-19)13-24-21(26)15-4-1-5-16(12-15)25-22(27)18-6-2-7-28-18/h1,4-5,10-12,18H,2-3,6-9,13H2,(H,24,26)(H,25,27). The molecule has 0 bridgehead atoms. The van der Waals surface area contributed by atoms with Gasteiger partial charge < -0.3 is 24.8 Å².